The molecule has 1 aliphatic rings. The summed E-state index contributed by atoms with van der Waals surface area (Å²) in [6.07, 6.45) is -2.18. The molecule has 1 aliphatic heterocycles. The van der Waals surface area contributed by atoms with Crippen LogP contribution in [0, 0.1) is 5.92 Å². The van der Waals surface area contributed by atoms with E-state index in [9.17, 15) is 9.90 Å². The maximum atomic E-state index is 10.9. The number of rotatable bonds is 2. The van der Waals surface area contributed by atoms with E-state index in [2.05, 4.69) is 0 Å². The van der Waals surface area contributed by atoms with E-state index in [0.29, 0.717) is 0 Å². The first kappa shape index (κ1) is 12.4. The third-order valence-corrected chi connectivity index (χ3v) is 2.77. The monoisotopic (exact) mass is 218 g/mol. The quantitative estimate of drug-likeness (QED) is 0.622. The van der Waals surface area contributed by atoms with Crippen LogP contribution < -0.4 is 0 Å². The fraction of sp³-hybridized carbons (Fsp3) is 0.900. The predicted molar refractivity (Wildman–Crippen MR) is 52.1 cm³/mol. The summed E-state index contributed by atoms with van der Waals surface area (Å²) in [6, 6.07) is 0. The minimum Gasteiger partial charge on any atom is -0.459 e. The number of aliphatic hydroxyl groups is 2. The number of aliphatic hydroxyl groups excluding tert-OH is 2. The van der Waals surface area contributed by atoms with Crippen molar-refractivity contribution in [3.8, 4) is 0 Å². The number of esters is 1. The van der Waals surface area contributed by atoms with E-state index in [1.165, 1.54) is 6.92 Å². The highest BCUT2D eigenvalue weighted by molar-refractivity contribution is 5.66. The maximum absolute atomic E-state index is 10.9. The molecule has 5 unspecified atom stereocenters. The van der Waals surface area contributed by atoms with Crippen molar-refractivity contribution in [1.82, 2.24) is 0 Å². The number of hydrogen-bond donors (Lipinski definition) is 2. The van der Waals surface area contributed by atoms with E-state index < -0.39 is 24.3 Å². The lowest BCUT2D eigenvalue weighted by Crippen LogP contribution is -2.54. The Morgan fingerprint density at radius 3 is 2.53 bits per heavy atom. The van der Waals surface area contributed by atoms with Crippen LogP contribution in [0.25, 0.3) is 0 Å². The first-order valence-corrected chi connectivity index (χ1v) is 5.09. The molecule has 1 fully saturated rings. The third kappa shape index (κ3) is 2.68. The van der Waals surface area contributed by atoms with Crippen molar-refractivity contribution in [2.24, 2.45) is 5.92 Å². The number of carbonyl (C=O) groups is 1. The van der Waals surface area contributed by atoms with Gasteiger partial charge in [-0.25, -0.2) is 0 Å². The van der Waals surface area contributed by atoms with Gasteiger partial charge in [-0.1, -0.05) is 6.92 Å². The second-order valence-corrected chi connectivity index (χ2v) is 3.99. The van der Waals surface area contributed by atoms with Gasteiger partial charge in [0.2, 0.25) is 0 Å². The topological polar surface area (TPSA) is 76.0 Å². The van der Waals surface area contributed by atoms with Crippen molar-refractivity contribution in [3.63, 3.8) is 0 Å². The van der Waals surface area contributed by atoms with Crippen molar-refractivity contribution in [3.05, 3.63) is 0 Å². The van der Waals surface area contributed by atoms with Crippen molar-refractivity contribution >= 4 is 5.97 Å². The molecule has 0 amide bonds. The van der Waals surface area contributed by atoms with E-state index in [4.69, 9.17) is 14.6 Å². The number of hydrogen-bond acceptors (Lipinski definition) is 5. The second kappa shape index (κ2) is 4.92. The lowest BCUT2D eigenvalue weighted by atomic mass is 9.88. The van der Waals surface area contributed by atoms with Crippen LogP contribution in [-0.4, -0.2) is 47.2 Å². The van der Waals surface area contributed by atoms with Crippen molar-refractivity contribution in [2.45, 2.75) is 45.2 Å². The van der Waals surface area contributed by atoms with E-state index in [-0.39, 0.29) is 18.6 Å². The van der Waals surface area contributed by atoms with Gasteiger partial charge in [0.1, 0.15) is 12.2 Å². The molecule has 0 aromatic heterocycles. The SMILES string of the molecule is CC(=O)OC1C(C)OC(CO)C(O)C1C. The summed E-state index contributed by atoms with van der Waals surface area (Å²) < 4.78 is 10.4. The van der Waals surface area contributed by atoms with E-state index >= 15 is 0 Å². The zero-order valence-corrected chi connectivity index (χ0v) is 9.21. The summed E-state index contributed by atoms with van der Waals surface area (Å²) in [5.41, 5.74) is 0. The normalized spacial score (nSPS) is 41.3. The van der Waals surface area contributed by atoms with Crippen molar-refractivity contribution < 1.29 is 24.5 Å². The van der Waals surface area contributed by atoms with Gasteiger partial charge in [0.15, 0.2) is 0 Å². The molecule has 88 valence electrons. The van der Waals surface area contributed by atoms with Crippen LogP contribution in [0.1, 0.15) is 20.8 Å². The molecule has 0 aliphatic carbocycles. The van der Waals surface area contributed by atoms with Gasteiger partial charge >= 0.3 is 5.97 Å². The summed E-state index contributed by atoms with van der Waals surface area (Å²) in [5, 5.41) is 18.7. The van der Waals surface area contributed by atoms with Gasteiger partial charge in [-0.2, -0.15) is 0 Å². The summed E-state index contributed by atoms with van der Waals surface area (Å²) in [7, 11) is 0. The highest BCUT2D eigenvalue weighted by atomic mass is 16.6. The standard InChI is InChI=1S/C10H18O5/c1-5-9(13)8(4-11)14-6(2)10(5)15-7(3)12/h5-6,8-11,13H,4H2,1-3H3. The summed E-state index contributed by atoms with van der Waals surface area (Å²) in [4.78, 5) is 10.9. The van der Waals surface area contributed by atoms with Gasteiger partial charge in [-0.3, -0.25) is 4.79 Å². The fourth-order valence-corrected chi connectivity index (χ4v) is 1.94. The van der Waals surface area contributed by atoms with Gasteiger partial charge in [0.05, 0.1) is 18.8 Å². The van der Waals surface area contributed by atoms with Crippen LogP contribution in [0.15, 0.2) is 0 Å². The smallest absolute Gasteiger partial charge is 0.303 e. The Morgan fingerprint density at radius 1 is 1.47 bits per heavy atom. The molecular formula is C10H18O5. The fourth-order valence-electron chi connectivity index (χ4n) is 1.94. The zero-order valence-electron chi connectivity index (χ0n) is 9.21. The first-order valence-electron chi connectivity index (χ1n) is 5.09. The molecular weight excluding hydrogens is 200 g/mol. The minimum atomic E-state index is -0.810. The molecule has 5 heteroatoms. The van der Waals surface area contributed by atoms with Crippen LogP contribution in [0.3, 0.4) is 0 Å². The van der Waals surface area contributed by atoms with Crippen LogP contribution in [-0.2, 0) is 14.3 Å². The minimum absolute atomic E-state index is 0.233. The molecule has 15 heavy (non-hydrogen) atoms. The van der Waals surface area contributed by atoms with Gasteiger partial charge in [0.25, 0.3) is 0 Å². The molecule has 1 heterocycles. The summed E-state index contributed by atoms with van der Waals surface area (Å²) in [5.74, 6) is -0.633. The molecule has 0 radical (unpaired) electrons. The Morgan fingerprint density at radius 2 is 2.07 bits per heavy atom. The van der Waals surface area contributed by atoms with Crippen LogP contribution in [0.5, 0.6) is 0 Å². The van der Waals surface area contributed by atoms with Crippen molar-refractivity contribution in [2.75, 3.05) is 6.61 Å². The van der Waals surface area contributed by atoms with Crippen LogP contribution in [0.2, 0.25) is 0 Å². The maximum Gasteiger partial charge on any atom is 0.303 e. The molecule has 5 atom stereocenters. The second-order valence-electron chi connectivity index (χ2n) is 3.99. The largest absolute Gasteiger partial charge is 0.459 e. The van der Waals surface area contributed by atoms with Gasteiger partial charge in [0, 0.05) is 12.8 Å². The van der Waals surface area contributed by atoms with E-state index in [1.54, 1.807) is 13.8 Å². The van der Waals surface area contributed by atoms with Crippen molar-refractivity contribution in [1.29, 1.82) is 0 Å². The molecule has 0 bridgehead atoms. The Balaban J connectivity index is 2.70. The Kier molecular flexibility index (Phi) is 4.07. The van der Waals surface area contributed by atoms with E-state index in [0.717, 1.165) is 0 Å². The number of carbonyl (C=O) groups excluding carboxylic acids is 1. The lowest BCUT2D eigenvalue weighted by Gasteiger charge is -2.41. The third-order valence-electron chi connectivity index (χ3n) is 2.77. The predicted octanol–water partition coefficient (Wildman–Crippen LogP) is -0.305. The molecule has 5 nitrogen and oxygen atoms in total. The molecule has 0 spiro atoms. The average molecular weight is 218 g/mol. The number of ether oxygens (including phenoxy) is 2. The molecule has 1 saturated heterocycles. The summed E-state index contributed by atoms with van der Waals surface area (Å²) in [6.45, 7) is 4.63. The highest BCUT2D eigenvalue weighted by Gasteiger charge is 2.42. The van der Waals surface area contributed by atoms with Gasteiger partial charge in [-0.05, 0) is 6.92 Å². The van der Waals surface area contributed by atoms with Gasteiger partial charge < -0.3 is 19.7 Å². The molecule has 2 N–H and O–H groups in total. The average Bonchev–Trinajstić information content (AvgIpc) is 2.18. The van der Waals surface area contributed by atoms with E-state index in [1.807, 2.05) is 0 Å². The van der Waals surface area contributed by atoms with Gasteiger partial charge in [-0.15, -0.1) is 0 Å². The Bertz CT molecular complexity index is 230. The molecule has 0 aromatic carbocycles. The Labute approximate surface area is 89.0 Å². The summed E-state index contributed by atoms with van der Waals surface area (Å²) >= 11 is 0. The van der Waals surface area contributed by atoms with Crippen LogP contribution >= 0.6 is 0 Å². The highest BCUT2D eigenvalue weighted by Crippen LogP contribution is 2.27. The molecule has 0 aromatic rings. The molecule has 1 rings (SSSR count). The molecule has 0 saturated carbocycles. The van der Waals surface area contributed by atoms with Crippen LogP contribution in [0.4, 0.5) is 0 Å². The zero-order chi connectivity index (χ0) is 11.6. The lowest BCUT2D eigenvalue weighted by molar-refractivity contribution is -0.213. The first-order chi connectivity index (χ1) is 6.97. The Hall–Kier alpha value is -0.650.